The molecule has 1 aliphatic rings. The van der Waals surface area contributed by atoms with Crippen LogP contribution in [0.5, 0.6) is 0 Å². The number of aliphatic carboxylic acids is 1. The predicted octanol–water partition coefficient (Wildman–Crippen LogP) is 2.85. The smallest absolute Gasteiger partial charge is 0.326 e. The van der Waals surface area contributed by atoms with Crippen LogP contribution in [0.2, 0.25) is 0 Å². The Morgan fingerprint density at radius 1 is 1.35 bits per heavy atom. The van der Waals surface area contributed by atoms with Crippen molar-refractivity contribution < 1.29 is 14.7 Å². The summed E-state index contributed by atoms with van der Waals surface area (Å²) in [6.45, 7) is 8.32. The van der Waals surface area contributed by atoms with E-state index in [1.54, 1.807) is 0 Å². The Kier molecular flexibility index (Phi) is 5.84. The van der Waals surface area contributed by atoms with E-state index in [4.69, 9.17) is 0 Å². The maximum atomic E-state index is 12.4. The maximum absolute atomic E-state index is 12.4. The van der Waals surface area contributed by atoms with Crippen LogP contribution in [0.3, 0.4) is 0 Å². The van der Waals surface area contributed by atoms with Gasteiger partial charge in [0.05, 0.1) is 0 Å². The summed E-state index contributed by atoms with van der Waals surface area (Å²) in [6.07, 6.45) is 5.20. The monoisotopic (exact) mass is 284 g/mol. The van der Waals surface area contributed by atoms with Crippen molar-refractivity contribution in [2.75, 3.05) is 6.54 Å². The molecular weight excluding hydrogens is 256 g/mol. The molecule has 2 atom stereocenters. The number of nitrogens with zero attached hydrogens (tertiary/aromatic N) is 1. The highest BCUT2D eigenvalue weighted by Gasteiger charge is 2.35. The van der Waals surface area contributed by atoms with E-state index in [0.29, 0.717) is 0 Å². The summed E-state index contributed by atoms with van der Waals surface area (Å²) >= 11 is 0. The molecule has 5 heteroatoms. The molecule has 0 spiro atoms. The molecule has 20 heavy (non-hydrogen) atoms. The van der Waals surface area contributed by atoms with Gasteiger partial charge in [-0.1, -0.05) is 34.1 Å². The van der Waals surface area contributed by atoms with Crippen LogP contribution in [0, 0.1) is 5.41 Å². The number of likely N-dealkylation sites (tertiary alicyclic amines) is 1. The molecule has 0 aromatic rings. The number of hydrogen-bond donors (Lipinski definition) is 2. The highest BCUT2D eigenvalue weighted by Crippen LogP contribution is 2.23. The Labute approximate surface area is 121 Å². The fourth-order valence-corrected chi connectivity index (χ4v) is 2.76. The molecule has 2 N–H and O–H groups in total. The number of rotatable bonds is 4. The Morgan fingerprint density at radius 3 is 2.50 bits per heavy atom. The largest absolute Gasteiger partial charge is 0.480 e. The second kappa shape index (κ2) is 6.95. The molecule has 0 bridgehead atoms. The van der Waals surface area contributed by atoms with Gasteiger partial charge < -0.3 is 15.3 Å². The van der Waals surface area contributed by atoms with E-state index >= 15 is 0 Å². The van der Waals surface area contributed by atoms with Crippen LogP contribution < -0.4 is 5.32 Å². The first-order valence-corrected chi connectivity index (χ1v) is 7.57. The van der Waals surface area contributed by atoms with Crippen LogP contribution in [0.25, 0.3) is 0 Å². The zero-order valence-electron chi connectivity index (χ0n) is 13.1. The minimum absolute atomic E-state index is 0.231. The van der Waals surface area contributed by atoms with Crippen LogP contribution in [-0.4, -0.2) is 40.6 Å². The third kappa shape index (κ3) is 4.39. The van der Waals surface area contributed by atoms with E-state index in [2.05, 4.69) is 12.2 Å². The second-order valence-electron chi connectivity index (χ2n) is 6.72. The topological polar surface area (TPSA) is 69.6 Å². The highest BCUT2D eigenvalue weighted by molar-refractivity contribution is 5.83. The Bertz CT molecular complexity index is 348. The first kappa shape index (κ1) is 16.8. The number of nitrogens with one attached hydrogen (secondary N) is 1. The molecule has 0 radical (unpaired) electrons. The summed E-state index contributed by atoms with van der Waals surface area (Å²) < 4.78 is 0. The molecule has 0 aromatic carbocycles. The lowest BCUT2D eigenvalue weighted by Crippen LogP contribution is -2.56. The number of carbonyl (C=O) groups excluding carboxylic acids is 1. The van der Waals surface area contributed by atoms with Gasteiger partial charge in [0.1, 0.15) is 6.04 Å². The van der Waals surface area contributed by atoms with Gasteiger partial charge in [-0.25, -0.2) is 9.59 Å². The average molecular weight is 284 g/mol. The number of carbonyl (C=O) groups is 2. The van der Waals surface area contributed by atoms with Gasteiger partial charge in [0.25, 0.3) is 0 Å². The van der Waals surface area contributed by atoms with Crippen molar-refractivity contribution in [3.05, 3.63) is 0 Å². The number of piperidine rings is 1. The van der Waals surface area contributed by atoms with Crippen molar-refractivity contribution in [3.63, 3.8) is 0 Å². The van der Waals surface area contributed by atoms with Crippen LogP contribution in [0.1, 0.15) is 59.8 Å². The number of carboxylic acid groups (broad SMARTS) is 1. The molecule has 0 aliphatic carbocycles. The van der Waals surface area contributed by atoms with Gasteiger partial charge in [-0.05, 0) is 31.1 Å². The number of carboxylic acids is 1. The lowest BCUT2D eigenvalue weighted by Gasteiger charge is -2.38. The first-order valence-electron chi connectivity index (χ1n) is 7.57. The second-order valence-corrected chi connectivity index (χ2v) is 6.72. The number of hydrogen-bond acceptors (Lipinski definition) is 2. The third-order valence-electron chi connectivity index (χ3n) is 3.89. The van der Waals surface area contributed by atoms with E-state index in [9.17, 15) is 14.7 Å². The molecule has 2 amide bonds. The molecule has 1 rings (SSSR count). The van der Waals surface area contributed by atoms with Crippen LogP contribution in [-0.2, 0) is 4.79 Å². The third-order valence-corrected chi connectivity index (χ3v) is 3.89. The molecule has 5 nitrogen and oxygen atoms in total. The van der Waals surface area contributed by atoms with Crippen molar-refractivity contribution in [1.82, 2.24) is 10.2 Å². The zero-order chi connectivity index (χ0) is 15.3. The van der Waals surface area contributed by atoms with Gasteiger partial charge >= 0.3 is 12.0 Å². The molecule has 1 saturated heterocycles. The molecule has 2 unspecified atom stereocenters. The van der Waals surface area contributed by atoms with E-state index in [0.717, 1.165) is 38.6 Å². The fraction of sp³-hybridized carbons (Fsp3) is 0.867. The molecule has 1 fully saturated rings. The van der Waals surface area contributed by atoms with Crippen LogP contribution in [0.4, 0.5) is 4.79 Å². The number of amides is 2. The van der Waals surface area contributed by atoms with Crippen molar-refractivity contribution >= 4 is 12.0 Å². The summed E-state index contributed by atoms with van der Waals surface area (Å²) in [5.41, 5.74) is -0.502. The molecule has 0 aromatic heterocycles. The summed E-state index contributed by atoms with van der Waals surface area (Å²) in [5.74, 6) is -0.977. The van der Waals surface area contributed by atoms with Crippen molar-refractivity contribution in [3.8, 4) is 0 Å². The summed E-state index contributed by atoms with van der Waals surface area (Å²) in [4.78, 5) is 25.6. The van der Waals surface area contributed by atoms with Crippen molar-refractivity contribution in [2.45, 2.75) is 71.9 Å². The van der Waals surface area contributed by atoms with Gasteiger partial charge in [-0.2, -0.15) is 0 Å². The van der Waals surface area contributed by atoms with E-state index in [-0.39, 0.29) is 12.1 Å². The normalized spacial score (nSPS) is 21.4. The van der Waals surface area contributed by atoms with Gasteiger partial charge in [-0.3, -0.25) is 0 Å². The first-order chi connectivity index (χ1) is 9.27. The van der Waals surface area contributed by atoms with Crippen LogP contribution in [0.15, 0.2) is 0 Å². The average Bonchev–Trinajstić information content (AvgIpc) is 2.35. The number of urea groups is 1. The minimum Gasteiger partial charge on any atom is -0.480 e. The lowest BCUT2D eigenvalue weighted by molar-refractivity contribution is -0.142. The molecular formula is C15H28N2O3. The Morgan fingerprint density at radius 2 is 2.00 bits per heavy atom. The Balaban J connectivity index is 2.74. The van der Waals surface area contributed by atoms with Crippen molar-refractivity contribution in [2.24, 2.45) is 5.41 Å². The zero-order valence-corrected chi connectivity index (χ0v) is 13.1. The molecule has 1 heterocycles. The minimum atomic E-state index is -0.977. The van der Waals surface area contributed by atoms with Gasteiger partial charge in [0.15, 0.2) is 0 Å². The van der Waals surface area contributed by atoms with E-state index in [1.807, 2.05) is 25.7 Å². The van der Waals surface area contributed by atoms with Gasteiger partial charge in [-0.15, -0.1) is 0 Å². The SMILES string of the molecule is CCCC1CCCCN1C(=O)NC(C(=O)O)C(C)(C)C. The lowest BCUT2D eigenvalue weighted by atomic mass is 9.87. The van der Waals surface area contributed by atoms with Gasteiger partial charge in [0, 0.05) is 12.6 Å². The maximum Gasteiger partial charge on any atom is 0.326 e. The van der Waals surface area contributed by atoms with Gasteiger partial charge in [0.2, 0.25) is 0 Å². The summed E-state index contributed by atoms with van der Waals surface area (Å²) in [7, 11) is 0. The fourth-order valence-electron chi connectivity index (χ4n) is 2.76. The predicted molar refractivity (Wildman–Crippen MR) is 78.7 cm³/mol. The standard InChI is InChI=1S/C15H28N2O3/c1-5-8-11-9-6-7-10-17(11)14(20)16-12(13(18)19)15(2,3)4/h11-12H,5-10H2,1-4H3,(H,16,20)(H,18,19). The molecule has 0 saturated carbocycles. The Hall–Kier alpha value is -1.26. The summed E-state index contributed by atoms with van der Waals surface area (Å²) in [6, 6.07) is -0.840. The van der Waals surface area contributed by atoms with Crippen molar-refractivity contribution in [1.29, 1.82) is 0 Å². The molecule has 1 aliphatic heterocycles. The quantitative estimate of drug-likeness (QED) is 0.834. The van der Waals surface area contributed by atoms with Crippen LogP contribution >= 0.6 is 0 Å². The van der Waals surface area contributed by atoms with E-state index < -0.39 is 17.4 Å². The highest BCUT2D eigenvalue weighted by atomic mass is 16.4. The summed E-state index contributed by atoms with van der Waals surface area (Å²) in [5, 5.41) is 12.0. The molecule has 116 valence electrons. The van der Waals surface area contributed by atoms with E-state index in [1.165, 1.54) is 0 Å².